The van der Waals surface area contributed by atoms with Gasteiger partial charge in [-0.2, -0.15) is 0 Å². The van der Waals surface area contributed by atoms with Crippen molar-refractivity contribution < 1.29 is 4.79 Å². The van der Waals surface area contributed by atoms with Gasteiger partial charge in [0.15, 0.2) is 5.13 Å². The van der Waals surface area contributed by atoms with Crippen molar-refractivity contribution >= 4 is 43.2 Å². The summed E-state index contributed by atoms with van der Waals surface area (Å²) in [6, 6.07) is 2.57. The van der Waals surface area contributed by atoms with Crippen molar-refractivity contribution in [2.75, 3.05) is 31.1 Å². The average Bonchev–Trinajstić information content (AvgIpc) is 3.09. The Bertz CT molecular complexity index is 660. The number of carbonyl (C=O) groups excluding carboxylic acids is 1. The Morgan fingerprint density at radius 2 is 2.13 bits per heavy atom. The van der Waals surface area contributed by atoms with Gasteiger partial charge in [-0.3, -0.25) is 4.79 Å². The number of thiophene rings is 1. The summed E-state index contributed by atoms with van der Waals surface area (Å²) in [6.45, 7) is 12.1. The first kappa shape index (κ1) is 16.7. The summed E-state index contributed by atoms with van der Waals surface area (Å²) >= 11 is 3.21. The zero-order valence-corrected chi connectivity index (χ0v) is 15.8. The van der Waals surface area contributed by atoms with E-state index >= 15 is 0 Å². The molecule has 3 heterocycles. The van der Waals surface area contributed by atoms with E-state index in [2.05, 4.69) is 37.9 Å². The molecule has 1 N–H and O–H groups in total. The molecule has 0 radical (unpaired) electrons. The minimum Gasteiger partial charge on any atom is -0.349 e. The Balaban J connectivity index is 1.83. The lowest BCUT2D eigenvalue weighted by Crippen LogP contribution is -2.57. The molecular weight excluding hydrogens is 328 g/mol. The number of anilines is 1. The van der Waals surface area contributed by atoms with Crippen LogP contribution in [-0.2, 0) is 0 Å². The molecule has 1 aliphatic rings. The monoisotopic (exact) mass is 352 g/mol. The second-order valence-electron chi connectivity index (χ2n) is 5.93. The lowest BCUT2D eigenvalue weighted by molar-refractivity contribution is 0.0608. The summed E-state index contributed by atoms with van der Waals surface area (Å²) in [4.78, 5) is 23.6. The number of rotatable bonds is 4. The fourth-order valence-corrected chi connectivity index (χ4v) is 5.24. The second-order valence-corrected chi connectivity index (χ2v) is 7.97. The zero-order valence-electron chi connectivity index (χ0n) is 14.1. The molecule has 2 aromatic rings. The summed E-state index contributed by atoms with van der Waals surface area (Å²) in [5.74, 6) is 0.144. The molecule has 2 aromatic heterocycles. The van der Waals surface area contributed by atoms with Crippen LogP contribution in [0.3, 0.4) is 0 Å². The van der Waals surface area contributed by atoms with Gasteiger partial charge in [0.25, 0.3) is 5.91 Å². The summed E-state index contributed by atoms with van der Waals surface area (Å²) in [5.41, 5.74) is 0. The van der Waals surface area contributed by atoms with E-state index in [-0.39, 0.29) is 11.9 Å². The first-order valence-corrected chi connectivity index (χ1v) is 9.88. The molecule has 0 spiro atoms. The maximum Gasteiger partial charge on any atom is 0.264 e. The third-order valence-corrected chi connectivity index (χ3v) is 6.83. The number of aromatic nitrogens is 1. The predicted molar refractivity (Wildman–Crippen MR) is 99.0 cm³/mol. The van der Waals surface area contributed by atoms with Crippen LogP contribution >= 0.6 is 22.7 Å². The fraction of sp³-hybridized carbons (Fsp3) is 0.625. The lowest BCUT2D eigenvalue weighted by atomic mass is 10.1. The first-order chi connectivity index (χ1) is 11.0. The van der Waals surface area contributed by atoms with Crippen LogP contribution in [-0.4, -0.2) is 54.1 Å². The van der Waals surface area contributed by atoms with E-state index in [1.807, 2.05) is 11.0 Å². The number of fused-ring (bicyclic) bond motifs is 1. The molecule has 5 nitrogen and oxygen atoms in total. The highest BCUT2D eigenvalue weighted by Crippen LogP contribution is 2.35. The van der Waals surface area contributed by atoms with Gasteiger partial charge in [-0.15, -0.1) is 11.3 Å². The molecule has 3 rings (SSSR count). The largest absolute Gasteiger partial charge is 0.349 e. The Kier molecular flexibility index (Phi) is 4.89. The minimum absolute atomic E-state index is 0.144. The Hall–Kier alpha value is -1.18. The van der Waals surface area contributed by atoms with Gasteiger partial charge >= 0.3 is 0 Å². The topological polar surface area (TPSA) is 48.5 Å². The first-order valence-electron chi connectivity index (χ1n) is 8.24. The molecule has 7 heteroatoms. The molecule has 1 fully saturated rings. The third-order valence-electron chi connectivity index (χ3n) is 4.62. The van der Waals surface area contributed by atoms with Gasteiger partial charge in [-0.05, 0) is 33.8 Å². The number of hydrogen-bond donors (Lipinski definition) is 1. The highest BCUT2D eigenvalue weighted by Gasteiger charge is 2.30. The minimum atomic E-state index is 0.144. The molecule has 23 heavy (non-hydrogen) atoms. The number of piperazine rings is 1. The molecule has 0 bridgehead atoms. The lowest BCUT2D eigenvalue weighted by Gasteiger charge is -2.38. The van der Waals surface area contributed by atoms with Crippen molar-refractivity contribution in [1.29, 1.82) is 0 Å². The van der Waals surface area contributed by atoms with Gasteiger partial charge in [0.1, 0.15) is 4.83 Å². The van der Waals surface area contributed by atoms with E-state index in [4.69, 9.17) is 4.98 Å². The zero-order chi connectivity index (χ0) is 16.6. The van der Waals surface area contributed by atoms with Crippen molar-refractivity contribution in [2.45, 2.75) is 39.8 Å². The van der Waals surface area contributed by atoms with Crippen LogP contribution in [0.25, 0.3) is 9.53 Å². The highest BCUT2D eigenvalue weighted by molar-refractivity contribution is 7.29. The summed E-state index contributed by atoms with van der Waals surface area (Å²) in [6.07, 6.45) is 0. The number of nitrogens with zero attached hydrogens (tertiary/aromatic N) is 3. The van der Waals surface area contributed by atoms with Crippen molar-refractivity contribution in [3.8, 4) is 0 Å². The van der Waals surface area contributed by atoms with Crippen molar-refractivity contribution in [1.82, 2.24) is 15.2 Å². The van der Waals surface area contributed by atoms with E-state index in [0.717, 1.165) is 45.7 Å². The van der Waals surface area contributed by atoms with Gasteiger partial charge in [0, 0.05) is 38.3 Å². The number of nitrogens with one attached hydrogen (secondary N) is 1. The summed E-state index contributed by atoms with van der Waals surface area (Å²) in [5, 5.41) is 4.47. The van der Waals surface area contributed by atoms with Crippen LogP contribution in [0.4, 0.5) is 5.13 Å². The van der Waals surface area contributed by atoms with E-state index in [0.29, 0.717) is 6.04 Å². The smallest absolute Gasteiger partial charge is 0.264 e. The van der Waals surface area contributed by atoms with E-state index < -0.39 is 0 Å². The van der Waals surface area contributed by atoms with E-state index in [1.165, 1.54) is 11.3 Å². The van der Waals surface area contributed by atoms with Gasteiger partial charge in [0.05, 0.1) is 9.58 Å². The normalized spacial score (nSPS) is 21.8. The number of hydrogen-bond acceptors (Lipinski definition) is 6. The Morgan fingerprint density at radius 1 is 1.39 bits per heavy atom. The standard InChI is InChI=1S/C16H24N4OS2/c1-5-19(6-2)16-18-14-12(23-16)9-13(22-14)15(21)20-8-7-17-10(3)11(20)4/h9-11,17H,5-8H2,1-4H3. The third kappa shape index (κ3) is 3.09. The molecule has 0 saturated carbocycles. The summed E-state index contributed by atoms with van der Waals surface area (Å²) in [7, 11) is 0. The van der Waals surface area contributed by atoms with Crippen molar-refractivity contribution in [3.63, 3.8) is 0 Å². The molecule has 2 atom stereocenters. The molecule has 1 amide bonds. The Labute approximate surface area is 145 Å². The number of amides is 1. The average molecular weight is 353 g/mol. The predicted octanol–water partition coefficient (Wildman–Crippen LogP) is 3.03. The van der Waals surface area contributed by atoms with Gasteiger partial charge in [-0.1, -0.05) is 11.3 Å². The Morgan fingerprint density at radius 3 is 2.78 bits per heavy atom. The quantitative estimate of drug-likeness (QED) is 0.919. The summed E-state index contributed by atoms with van der Waals surface area (Å²) < 4.78 is 1.12. The van der Waals surface area contributed by atoms with Gasteiger partial charge < -0.3 is 15.1 Å². The van der Waals surface area contributed by atoms with Crippen LogP contribution < -0.4 is 10.2 Å². The van der Waals surface area contributed by atoms with Crippen LogP contribution in [0.15, 0.2) is 6.07 Å². The van der Waals surface area contributed by atoms with Crippen LogP contribution in [0.1, 0.15) is 37.4 Å². The van der Waals surface area contributed by atoms with Crippen LogP contribution in [0.2, 0.25) is 0 Å². The molecule has 1 aliphatic heterocycles. The number of thiazole rings is 1. The maximum atomic E-state index is 12.8. The van der Waals surface area contributed by atoms with Gasteiger partial charge in [-0.25, -0.2) is 4.98 Å². The van der Waals surface area contributed by atoms with E-state index in [9.17, 15) is 4.79 Å². The highest BCUT2D eigenvalue weighted by atomic mass is 32.1. The van der Waals surface area contributed by atoms with Crippen LogP contribution in [0.5, 0.6) is 0 Å². The maximum absolute atomic E-state index is 12.8. The molecular formula is C16H24N4OS2. The molecule has 0 aromatic carbocycles. The molecule has 2 unspecified atom stereocenters. The molecule has 126 valence electrons. The molecule has 1 saturated heterocycles. The second kappa shape index (κ2) is 6.75. The fourth-order valence-electron chi connectivity index (χ4n) is 2.94. The van der Waals surface area contributed by atoms with E-state index in [1.54, 1.807) is 11.3 Å². The van der Waals surface area contributed by atoms with Crippen LogP contribution in [0, 0.1) is 0 Å². The number of carbonyl (C=O) groups is 1. The van der Waals surface area contributed by atoms with Crippen molar-refractivity contribution in [2.24, 2.45) is 0 Å². The van der Waals surface area contributed by atoms with Crippen molar-refractivity contribution in [3.05, 3.63) is 10.9 Å². The van der Waals surface area contributed by atoms with Gasteiger partial charge in [0.2, 0.25) is 0 Å². The molecule has 0 aliphatic carbocycles. The SMILES string of the molecule is CCN(CC)c1nc2sc(C(=O)N3CCNC(C)C3C)cc2s1.